The van der Waals surface area contributed by atoms with Crippen molar-refractivity contribution < 1.29 is 13.9 Å². The predicted molar refractivity (Wildman–Crippen MR) is 140 cm³/mol. The van der Waals surface area contributed by atoms with Crippen LogP contribution in [0.25, 0.3) is 21.9 Å². The maximum absolute atomic E-state index is 11.0. The number of carbonyl (C=O) groups is 1. The van der Waals surface area contributed by atoms with Crippen molar-refractivity contribution in [2.75, 3.05) is 37.6 Å². The Morgan fingerprint density at radius 3 is 2.69 bits per heavy atom. The fourth-order valence-corrected chi connectivity index (χ4v) is 5.13. The van der Waals surface area contributed by atoms with Crippen LogP contribution in [0.15, 0.2) is 53.1 Å². The molecule has 1 aliphatic heterocycles. The zero-order valence-corrected chi connectivity index (χ0v) is 20.6. The third-order valence-electron chi connectivity index (χ3n) is 7.02. The van der Waals surface area contributed by atoms with Crippen molar-refractivity contribution in [2.45, 2.75) is 32.7 Å². The number of carbonyl (C=O) groups excluding carboxylic acids is 1. The molecule has 3 heterocycles. The summed E-state index contributed by atoms with van der Waals surface area (Å²) in [5, 5.41) is 11.4. The first-order chi connectivity index (χ1) is 17.5. The molecule has 0 unspecified atom stereocenters. The Hall–Kier alpha value is -3.96. The van der Waals surface area contributed by atoms with Crippen LogP contribution in [-0.4, -0.2) is 48.3 Å². The Morgan fingerprint density at radius 2 is 1.94 bits per heavy atom. The van der Waals surface area contributed by atoms with E-state index in [9.17, 15) is 10.1 Å². The standard InChI is InChI=1S/C28H31N5O3/c1-2-32-19-21(24-15-20(18-29)6-8-25(24)32)5-3-4-10-31-11-13-33(14-12-31)23-7-9-26-22(16-23)17-27(35-26)36-28(30)34/h6-9,15-17,19H,2-5,10-14H2,1H3,(H2,30,34). The minimum Gasteiger partial charge on any atom is -0.425 e. The van der Waals surface area contributed by atoms with Crippen LogP contribution in [0.5, 0.6) is 5.95 Å². The molecule has 2 aromatic heterocycles. The number of unbranched alkanes of at least 4 members (excludes halogenated alkanes) is 1. The van der Waals surface area contributed by atoms with E-state index < -0.39 is 6.09 Å². The zero-order chi connectivity index (χ0) is 25.1. The lowest BCUT2D eigenvalue weighted by molar-refractivity contribution is 0.199. The summed E-state index contributed by atoms with van der Waals surface area (Å²) in [6.07, 6.45) is 4.69. The number of amides is 1. The molecule has 0 bridgehead atoms. The van der Waals surface area contributed by atoms with Crippen LogP contribution in [0.3, 0.4) is 0 Å². The number of aryl methyl sites for hydroxylation is 2. The Labute approximate surface area is 210 Å². The molecule has 8 nitrogen and oxygen atoms in total. The summed E-state index contributed by atoms with van der Waals surface area (Å²) in [5.41, 5.74) is 10.2. The molecule has 186 valence electrons. The van der Waals surface area contributed by atoms with Gasteiger partial charge in [-0.25, -0.2) is 4.79 Å². The second kappa shape index (κ2) is 10.3. The maximum Gasteiger partial charge on any atom is 0.412 e. The Bertz CT molecular complexity index is 1420. The normalized spacial score (nSPS) is 14.4. The van der Waals surface area contributed by atoms with Gasteiger partial charge in [-0.15, -0.1) is 0 Å². The predicted octanol–water partition coefficient (Wildman–Crippen LogP) is 4.88. The number of piperazine rings is 1. The first-order valence-corrected chi connectivity index (χ1v) is 12.5. The number of nitrogens with zero attached hydrogens (tertiary/aromatic N) is 4. The first-order valence-electron chi connectivity index (χ1n) is 12.5. The topological polar surface area (TPSA) is 101 Å². The molecule has 0 aliphatic carbocycles. The number of benzene rings is 2. The number of nitrogens with two attached hydrogens (primary N) is 1. The Balaban J connectivity index is 1.12. The summed E-state index contributed by atoms with van der Waals surface area (Å²) in [5.74, 6) is 0.115. The smallest absolute Gasteiger partial charge is 0.412 e. The minimum absolute atomic E-state index is 0.115. The maximum atomic E-state index is 11.0. The van der Waals surface area contributed by atoms with Gasteiger partial charge in [0.25, 0.3) is 5.95 Å². The van der Waals surface area contributed by atoms with Gasteiger partial charge in [0.05, 0.1) is 11.6 Å². The summed E-state index contributed by atoms with van der Waals surface area (Å²) in [6, 6.07) is 16.0. The molecule has 2 aromatic carbocycles. The van der Waals surface area contributed by atoms with Gasteiger partial charge >= 0.3 is 6.09 Å². The lowest BCUT2D eigenvalue weighted by Crippen LogP contribution is -2.46. The van der Waals surface area contributed by atoms with Crippen molar-refractivity contribution in [3.05, 3.63) is 59.8 Å². The number of ether oxygens (including phenoxy) is 1. The number of furan rings is 1. The van der Waals surface area contributed by atoms with Gasteiger partial charge < -0.3 is 24.4 Å². The fourth-order valence-electron chi connectivity index (χ4n) is 5.13. The lowest BCUT2D eigenvalue weighted by Gasteiger charge is -2.36. The molecule has 0 saturated carbocycles. The molecule has 4 aromatic rings. The highest BCUT2D eigenvalue weighted by Crippen LogP contribution is 2.29. The molecule has 1 amide bonds. The van der Waals surface area contributed by atoms with Gasteiger partial charge in [0.1, 0.15) is 5.58 Å². The molecule has 36 heavy (non-hydrogen) atoms. The molecule has 0 spiro atoms. The fraction of sp³-hybridized carbons (Fsp3) is 0.357. The number of hydrogen-bond donors (Lipinski definition) is 1. The number of nitriles is 1. The molecular formula is C28H31N5O3. The average Bonchev–Trinajstić information content (AvgIpc) is 3.45. The lowest BCUT2D eigenvalue weighted by atomic mass is 10.0. The number of aromatic nitrogens is 1. The van der Waals surface area contributed by atoms with E-state index in [0.717, 1.165) is 75.2 Å². The van der Waals surface area contributed by atoms with Gasteiger partial charge in [-0.2, -0.15) is 5.26 Å². The van der Waals surface area contributed by atoms with E-state index in [4.69, 9.17) is 14.9 Å². The van der Waals surface area contributed by atoms with Gasteiger partial charge in [-0.05, 0) is 74.7 Å². The van der Waals surface area contributed by atoms with Crippen LogP contribution >= 0.6 is 0 Å². The van der Waals surface area contributed by atoms with E-state index in [1.165, 1.54) is 16.5 Å². The highest BCUT2D eigenvalue weighted by atomic mass is 16.6. The van der Waals surface area contributed by atoms with Gasteiger partial charge in [0.15, 0.2) is 0 Å². The minimum atomic E-state index is -0.883. The van der Waals surface area contributed by atoms with Gasteiger partial charge in [0, 0.05) is 67.0 Å². The molecule has 8 heteroatoms. The van der Waals surface area contributed by atoms with Crippen molar-refractivity contribution in [2.24, 2.45) is 5.73 Å². The summed E-state index contributed by atoms with van der Waals surface area (Å²) in [7, 11) is 0. The van der Waals surface area contributed by atoms with Crippen LogP contribution in [0.1, 0.15) is 30.9 Å². The monoisotopic (exact) mass is 485 g/mol. The summed E-state index contributed by atoms with van der Waals surface area (Å²) in [4.78, 5) is 15.9. The van der Waals surface area contributed by atoms with Crippen LogP contribution in [-0.2, 0) is 13.0 Å². The SMILES string of the molecule is CCn1cc(CCCCN2CCN(c3ccc4oc(OC(N)=O)cc4c3)CC2)c2cc(C#N)ccc21. The molecular weight excluding hydrogens is 454 g/mol. The second-order valence-electron chi connectivity index (χ2n) is 9.28. The van der Waals surface area contributed by atoms with Gasteiger partial charge in [0.2, 0.25) is 0 Å². The van der Waals surface area contributed by atoms with E-state index >= 15 is 0 Å². The van der Waals surface area contributed by atoms with E-state index in [0.29, 0.717) is 5.58 Å². The highest BCUT2D eigenvalue weighted by Gasteiger charge is 2.18. The first kappa shape index (κ1) is 23.8. The molecule has 1 fully saturated rings. The number of hydrogen-bond acceptors (Lipinski definition) is 6. The van der Waals surface area contributed by atoms with E-state index in [-0.39, 0.29) is 5.95 Å². The summed E-state index contributed by atoms with van der Waals surface area (Å²) in [6.45, 7) is 8.18. The Kier molecular flexibility index (Phi) is 6.83. The van der Waals surface area contributed by atoms with Crippen LogP contribution in [0.4, 0.5) is 10.5 Å². The third-order valence-corrected chi connectivity index (χ3v) is 7.02. The second-order valence-corrected chi connectivity index (χ2v) is 9.28. The molecule has 5 rings (SSSR count). The largest absolute Gasteiger partial charge is 0.425 e. The van der Waals surface area contributed by atoms with E-state index in [1.54, 1.807) is 6.07 Å². The van der Waals surface area contributed by atoms with Crippen molar-refractivity contribution in [1.82, 2.24) is 9.47 Å². The quantitative estimate of drug-likeness (QED) is 0.357. The van der Waals surface area contributed by atoms with Crippen LogP contribution in [0, 0.1) is 11.3 Å². The van der Waals surface area contributed by atoms with Crippen molar-refractivity contribution in [3.63, 3.8) is 0 Å². The zero-order valence-electron chi connectivity index (χ0n) is 20.6. The summed E-state index contributed by atoms with van der Waals surface area (Å²) >= 11 is 0. The van der Waals surface area contributed by atoms with Crippen LogP contribution < -0.4 is 15.4 Å². The molecule has 1 aliphatic rings. The van der Waals surface area contributed by atoms with E-state index in [2.05, 4.69) is 45.7 Å². The molecule has 1 saturated heterocycles. The molecule has 0 atom stereocenters. The number of rotatable bonds is 8. The third kappa shape index (κ3) is 5.02. The van der Waals surface area contributed by atoms with E-state index in [1.807, 2.05) is 24.3 Å². The van der Waals surface area contributed by atoms with Crippen molar-refractivity contribution in [1.29, 1.82) is 5.26 Å². The summed E-state index contributed by atoms with van der Waals surface area (Å²) < 4.78 is 12.6. The Morgan fingerprint density at radius 1 is 1.11 bits per heavy atom. The van der Waals surface area contributed by atoms with Crippen molar-refractivity contribution >= 4 is 33.7 Å². The molecule has 0 radical (unpaired) electrons. The highest BCUT2D eigenvalue weighted by molar-refractivity contribution is 5.85. The van der Waals surface area contributed by atoms with Gasteiger partial charge in [-0.3, -0.25) is 4.90 Å². The van der Waals surface area contributed by atoms with Crippen molar-refractivity contribution in [3.8, 4) is 12.0 Å². The van der Waals surface area contributed by atoms with Gasteiger partial charge in [-0.1, -0.05) is 0 Å². The van der Waals surface area contributed by atoms with Crippen LogP contribution in [0.2, 0.25) is 0 Å². The number of primary amides is 1. The average molecular weight is 486 g/mol. The number of anilines is 1. The molecule has 2 N–H and O–H groups in total. The number of fused-ring (bicyclic) bond motifs is 2.